The van der Waals surface area contributed by atoms with Crippen LogP contribution in [0, 0.1) is 0 Å². The predicted octanol–water partition coefficient (Wildman–Crippen LogP) is 4.79. The molecule has 0 aliphatic heterocycles. The standard InChI is InChI=1S/C55H86N8O12/c1-33(73-53(6,7)8)43(62-46(65)40(27-21-22-28-57-51(70)75-55(12,13)14)59-45(64)38(56)30-36-31-58-39-26-20-19-25-37(36)39)48(67)60-41(29-35-23-17-16-18-24-35)47(66)63-44(34(2)74-54(9,10)11)49(68)61-42(50(69)71-15)32-72-52(3,4)5/h16-20,23-26,31,33-34,38,40-44,58H,21-22,27-30,32,56H2,1-15H3,(H,57,70)(H,59,64)(H,60,67)(H,61,68)(H,62,65)(H,63,66)/t33-,34-,38+,40+,41+,42+,43+,44+/m1/s1. The van der Waals surface area contributed by atoms with Crippen molar-refractivity contribution in [3.8, 4) is 0 Å². The van der Waals surface area contributed by atoms with Crippen LogP contribution in [0.1, 0.15) is 127 Å². The van der Waals surface area contributed by atoms with Gasteiger partial charge in [-0.3, -0.25) is 24.0 Å². The summed E-state index contributed by atoms with van der Waals surface area (Å²) in [5.41, 5.74) is 5.83. The topological polar surface area (TPSA) is 280 Å². The molecule has 1 heterocycles. The molecule has 1 aromatic heterocycles. The first-order valence-corrected chi connectivity index (χ1v) is 25.7. The number of amides is 6. The van der Waals surface area contributed by atoms with Crippen molar-refractivity contribution >= 4 is 52.5 Å². The van der Waals surface area contributed by atoms with E-state index in [2.05, 4.69) is 36.9 Å². The Morgan fingerprint density at radius 3 is 1.64 bits per heavy atom. The van der Waals surface area contributed by atoms with Crippen molar-refractivity contribution in [1.82, 2.24) is 36.9 Å². The molecular weight excluding hydrogens is 965 g/mol. The molecule has 2 aromatic carbocycles. The molecule has 8 atom stereocenters. The lowest BCUT2D eigenvalue weighted by atomic mass is 10.0. The van der Waals surface area contributed by atoms with E-state index in [0.717, 1.165) is 16.5 Å². The highest BCUT2D eigenvalue weighted by Gasteiger charge is 2.39. The number of aromatic amines is 1. The highest BCUT2D eigenvalue weighted by Crippen LogP contribution is 2.20. The largest absolute Gasteiger partial charge is 0.467 e. The second-order valence-electron chi connectivity index (χ2n) is 22.8. The Balaban J connectivity index is 2.00. The molecule has 9 N–H and O–H groups in total. The molecule has 0 unspecified atom stereocenters. The van der Waals surface area contributed by atoms with Gasteiger partial charge in [0.05, 0.1) is 48.8 Å². The van der Waals surface area contributed by atoms with Gasteiger partial charge >= 0.3 is 12.1 Å². The van der Waals surface area contributed by atoms with Crippen LogP contribution in [0.3, 0.4) is 0 Å². The third-order valence-electron chi connectivity index (χ3n) is 11.3. The van der Waals surface area contributed by atoms with Gasteiger partial charge < -0.3 is 66.3 Å². The number of fused-ring (bicyclic) bond motifs is 1. The molecule has 3 aromatic rings. The number of unbranched alkanes of at least 4 members (excludes halogenated alkanes) is 1. The lowest BCUT2D eigenvalue weighted by molar-refractivity contribution is -0.150. The molecular formula is C55H86N8O12. The molecule has 0 saturated heterocycles. The number of benzene rings is 2. The zero-order valence-corrected chi connectivity index (χ0v) is 46.8. The minimum absolute atomic E-state index is 0.0645. The Kier molecular flexibility index (Phi) is 23.7. The number of nitrogens with one attached hydrogen (secondary N) is 7. The Hall–Kier alpha value is -6.09. The molecule has 0 saturated carbocycles. The third-order valence-corrected chi connectivity index (χ3v) is 11.3. The quantitative estimate of drug-likeness (QED) is 0.0397. The zero-order valence-electron chi connectivity index (χ0n) is 46.8. The van der Waals surface area contributed by atoms with Gasteiger partial charge in [0.25, 0.3) is 0 Å². The molecule has 20 heteroatoms. The maximum absolute atomic E-state index is 14.8. The summed E-state index contributed by atoms with van der Waals surface area (Å²) in [5.74, 6) is -4.53. The van der Waals surface area contributed by atoms with Crippen molar-refractivity contribution in [2.24, 2.45) is 5.73 Å². The van der Waals surface area contributed by atoms with Crippen molar-refractivity contribution in [3.63, 3.8) is 0 Å². The number of rotatable bonds is 26. The lowest BCUT2D eigenvalue weighted by Gasteiger charge is -2.34. The molecule has 75 heavy (non-hydrogen) atoms. The molecule has 6 amide bonds. The number of H-pyrrole nitrogens is 1. The van der Waals surface area contributed by atoms with E-state index in [1.807, 2.05) is 24.3 Å². The van der Waals surface area contributed by atoms with Crippen molar-refractivity contribution < 1.29 is 57.2 Å². The average Bonchev–Trinajstić information content (AvgIpc) is 3.70. The monoisotopic (exact) mass is 1050 g/mol. The number of nitrogens with two attached hydrogens (primary N) is 1. The Bertz CT molecular complexity index is 2350. The van der Waals surface area contributed by atoms with Gasteiger partial charge in [-0.15, -0.1) is 0 Å². The van der Waals surface area contributed by atoms with E-state index in [9.17, 15) is 33.6 Å². The number of aromatic nitrogens is 1. The fourth-order valence-electron chi connectivity index (χ4n) is 7.93. The highest BCUT2D eigenvalue weighted by atomic mass is 16.6. The number of ether oxygens (including phenoxy) is 5. The van der Waals surface area contributed by atoms with Crippen LogP contribution in [0.25, 0.3) is 10.9 Å². The van der Waals surface area contributed by atoms with Gasteiger partial charge in [-0.1, -0.05) is 48.5 Å². The number of esters is 1. The number of carbonyl (C=O) groups is 7. The average molecular weight is 1050 g/mol. The summed E-state index contributed by atoms with van der Waals surface area (Å²) in [7, 11) is 1.18. The number of methoxy groups -OCH3 is 1. The number of hydrogen-bond donors (Lipinski definition) is 8. The molecule has 0 bridgehead atoms. The maximum Gasteiger partial charge on any atom is 0.407 e. The number of alkyl carbamates (subject to hydrolysis) is 1. The Labute approximate surface area is 443 Å². The van der Waals surface area contributed by atoms with E-state index in [1.54, 1.807) is 133 Å². The summed E-state index contributed by atoms with van der Waals surface area (Å²) >= 11 is 0. The van der Waals surface area contributed by atoms with Crippen LogP contribution >= 0.6 is 0 Å². The lowest BCUT2D eigenvalue weighted by Crippen LogP contribution is -2.63. The fourth-order valence-corrected chi connectivity index (χ4v) is 7.93. The fraction of sp³-hybridized carbons (Fsp3) is 0.618. The third kappa shape index (κ3) is 23.1. The van der Waals surface area contributed by atoms with Crippen molar-refractivity contribution in [3.05, 3.63) is 71.9 Å². The number of carbonyl (C=O) groups excluding carboxylic acids is 7. The molecule has 0 fully saturated rings. The summed E-state index contributed by atoms with van der Waals surface area (Å²) in [5, 5.41) is 17.5. The SMILES string of the molecule is COC(=O)[C@H](COC(C)(C)C)NC(=O)[C@@H](NC(=O)[C@H](Cc1ccccc1)NC(=O)[C@@H](NC(=O)[C@H](CCCCNC(=O)OC(C)(C)C)NC(=O)[C@@H](N)Cc1c[nH]c2ccccc12)[C@@H](C)OC(C)(C)C)[C@@H](C)OC(C)(C)C. The van der Waals surface area contributed by atoms with Gasteiger partial charge in [0.15, 0.2) is 6.04 Å². The molecule has 418 valence electrons. The van der Waals surface area contributed by atoms with Crippen LogP contribution in [0.5, 0.6) is 0 Å². The molecule has 0 spiro atoms. The van der Waals surface area contributed by atoms with E-state index in [4.69, 9.17) is 29.4 Å². The van der Waals surface area contributed by atoms with Crippen molar-refractivity contribution in [1.29, 1.82) is 0 Å². The summed E-state index contributed by atoms with van der Waals surface area (Å²) in [4.78, 5) is 101. The van der Waals surface area contributed by atoms with E-state index in [1.165, 1.54) is 7.11 Å². The van der Waals surface area contributed by atoms with Crippen LogP contribution in [0.4, 0.5) is 4.79 Å². The predicted molar refractivity (Wildman–Crippen MR) is 286 cm³/mol. The summed E-state index contributed by atoms with van der Waals surface area (Å²) in [6.45, 7) is 24.5. The van der Waals surface area contributed by atoms with Crippen molar-refractivity contribution in [2.45, 2.75) is 200 Å². The minimum atomic E-state index is -1.46. The first-order chi connectivity index (χ1) is 34.8. The van der Waals surface area contributed by atoms with Gasteiger partial charge in [0.1, 0.15) is 29.8 Å². The van der Waals surface area contributed by atoms with Gasteiger partial charge in [-0.2, -0.15) is 0 Å². The zero-order chi connectivity index (χ0) is 56.5. The van der Waals surface area contributed by atoms with Crippen LogP contribution in [-0.2, 0) is 65.3 Å². The van der Waals surface area contributed by atoms with Gasteiger partial charge in [0.2, 0.25) is 29.5 Å². The van der Waals surface area contributed by atoms with E-state index in [0.29, 0.717) is 18.4 Å². The minimum Gasteiger partial charge on any atom is -0.467 e. The van der Waals surface area contributed by atoms with E-state index < -0.39 is 112 Å². The smallest absolute Gasteiger partial charge is 0.407 e. The number of hydrogen-bond acceptors (Lipinski definition) is 13. The Morgan fingerprint density at radius 1 is 0.587 bits per heavy atom. The first kappa shape index (κ1) is 63.2. The second kappa shape index (κ2) is 28.2. The van der Waals surface area contributed by atoms with Gasteiger partial charge in [-0.05, 0) is 140 Å². The van der Waals surface area contributed by atoms with Crippen LogP contribution < -0.4 is 37.6 Å². The second-order valence-corrected chi connectivity index (χ2v) is 22.8. The van der Waals surface area contributed by atoms with E-state index >= 15 is 0 Å². The molecule has 0 aliphatic rings. The molecule has 20 nitrogen and oxygen atoms in total. The van der Waals surface area contributed by atoms with Crippen LogP contribution in [0.2, 0.25) is 0 Å². The Morgan fingerprint density at radius 2 is 1.11 bits per heavy atom. The maximum atomic E-state index is 14.8. The van der Waals surface area contributed by atoms with Crippen LogP contribution in [-0.4, -0.2) is 138 Å². The highest BCUT2D eigenvalue weighted by molar-refractivity contribution is 5.97. The van der Waals surface area contributed by atoms with Gasteiger partial charge in [-0.25, -0.2) is 9.59 Å². The molecule has 0 radical (unpaired) electrons. The van der Waals surface area contributed by atoms with Gasteiger partial charge in [0, 0.05) is 30.1 Å². The summed E-state index contributed by atoms with van der Waals surface area (Å²) < 4.78 is 28.6. The van der Waals surface area contributed by atoms with E-state index in [-0.39, 0.29) is 32.4 Å². The van der Waals surface area contributed by atoms with Crippen molar-refractivity contribution in [2.75, 3.05) is 20.3 Å². The molecule has 0 aliphatic carbocycles. The first-order valence-electron chi connectivity index (χ1n) is 25.7. The normalized spacial score (nSPS) is 15.4. The summed E-state index contributed by atoms with van der Waals surface area (Å²) in [6.07, 6.45) is 0.0850. The molecule has 3 rings (SSSR count). The van der Waals surface area contributed by atoms with Crippen LogP contribution in [0.15, 0.2) is 60.8 Å². The summed E-state index contributed by atoms with van der Waals surface area (Å²) in [6, 6.07) is 8.66. The number of para-hydroxylation sites is 1.